The maximum Gasteiger partial charge on any atom is 0.223 e. The van der Waals surface area contributed by atoms with Gasteiger partial charge in [0.05, 0.1) is 31.5 Å². The number of nitrogens with zero attached hydrogens (tertiary/aromatic N) is 2. The van der Waals surface area contributed by atoms with Crippen LogP contribution in [0.3, 0.4) is 0 Å². The number of amides is 1. The second kappa shape index (κ2) is 7.53. The zero-order valence-corrected chi connectivity index (χ0v) is 12.7. The minimum atomic E-state index is -0.842. The first-order valence-corrected chi connectivity index (χ1v) is 7.31. The monoisotopic (exact) mass is 311 g/mol. The van der Waals surface area contributed by atoms with Crippen LogP contribution in [0.15, 0.2) is 18.2 Å². The molecule has 7 heteroatoms. The highest BCUT2D eigenvalue weighted by Gasteiger charge is 2.19. The molecule has 1 amide bonds. The maximum atomic E-state index is 14.4. The van der Waals surface area contributed by atoms with Crippen LogP contribution in [0.1, 0.15) is 6.92 Å². The van der Waals surface area contributed by atoms with Crippen molar-refractivity contribution in [3.63, 3.8) is 0 Å². The van der Waals surface area contributed by atoms with E-state index >= 15 is 0 Å². The number of halogens is 1. The van der Waals surface area contributed by atoms with E-state index < -0.39 is 11.9 Å². The molecule has 0 spiro atoms. The lowest BCUT2D eigenvalue weighted by molar-refractivity contribution is -0.116. The third kappa shape index (κ3) is 3.94. The summed E-state index contributed by atoms with van der Waals surface area (Å²) in [6, 6.07) is 4.65. The number of morpholine rings is 1. The van der Waals surface area contributed by atoms with Crippen molar-refractivity contribution in [3.05, 3.63) is 24.0 Å². The van der Waals surface area contributed by atoms with Gasteiger partial charge >= 0.3 is 0 Å². The molecule has 1 heterocycles. The van der Waals surface area contributed by atoms with Crippen molar-refractivity contribution in [2.45, 2.75) is 13.0 Å². The lowest BCUT2D eigenvalue weighted by atomic mass is 10.2. The summed E-state index contributed by atoms with van der Waals surface area (Å²) in [7, 11) is 0. The number of carbonyl (C=O) groups is 1. The summed E-state index contributed by atoms with van der Waals surface area (Å²) in [5.41, 5.74) is 6.28. The van der Waals surface area contributed by atoms with Crippen LogP contribution in [0.25, 0.3) is 0 Å². The fourth-order valence-electron chi connectivity index (χ4n) is 2.43. The molecule has 3 N–H and O–H groups in total. The number of aliphatic hydroxyl groups is 1. The number of hydrogen-bond donors (Lipinski definition) is 2. The van der Waals surface area contributed by atoms with Crippen molar-refractivity contribution >= 4 is 17.3 Å². The topological polar surface area (TPSA) is 79.0 Å². The molecule has 22 heavy (non-hydrogen) atoms. The molecule has 2 rings (SSSR count). The van der Waals surface area contributed by atoms with Crippen LogP contribution in [-0.2, 0) is 9.53 Å². The molecule has 1 atom stereocenters. The number of nitrogens with two attached hydrogens (primary N) is 1. The smallest absolute Gasteiger partial charge is 0.223 e. The van der Waals surface area contributed by atoms with Crippen molar-refractivity contribution in [1.82, 2.24) is 0 Å². The molecule has 1 aromatic rings. The van der Waals surface area contributed by atoms with E-state index in [9.17, 15) is 14.3 Å². The van der Waals surface area contributed by atoms with Gasteiger partial charge in [-0.05, 0) is 18.2 Å². The Balaban J connectivity index is 2.20. The largest absolute Gasteiger partial charge is 0.390 e. The summed E-state index contributed by atoms with van der Waals surface area (Å²) in [4.78, 5) is 15.0. The van der Waals surface area contributed by atoms with Gasteiger partial charge in [0.1, 0.15) is 5.82 Å². The summed E-state index contributed by atoms with van der Waals surface area (Å²) in [6.45, 7) is 3.88. The zero-order valence-electron chi connectivity index (χ0n) is 12.7. The molecular weight excluding hydrogens is 289 g/mol. The van der Waals surface area contributed by atoms with Crippen molar-refractivity contribution < 1.29 is 19.0 Å². The summed E-state index contributed by atoms with van der Waals surface area (Å²) in [5.74, 6) is -0.668. The van der Waals surface area contributed by atoms with E-state index in [0.717, 1.165) is 0 Å². The number of ether oxygens (including phenoxy) is 1. The first kappa shape index (κ1) is 16.7. The average Bonchev–Trinajstić information content (AvgIpc) is 2.52. The Morgan fingerprint density at radius 3 is 2.73 bits per heavy atom. The van der Waals surface area contributed by atoms with Gasteiger partial charge in [-0.1, -0.05) is 0 Å². The van der Waals surface area contributed by atoms with Gasteiger partial charge in [0.15, 0.2) is 0 Å². The molecule has 1 saturated heterocycles. The zero-order chi connectivity index (χ0) is 16.1. The van der Waals surface area contributed by atoms with Crippen LogP contribution in [-0.4, -0.2) is 56.5 Å². The molecule has 0 bridgehead atoms. The Morgan fingerprint density at radius 1 is 1.50 bits per heavy atom. The molecule has 1 fully saturated rings. The molecule has 0 radical (unpaired) electrons. The Kier molecular flexibility index (Phi) is 5.70. The molecule has 0 aliphatic carbocycles. The van der Waals surface area contributed by atoms with Crippen LogP contribution in [0.2, 0.25) is 0 Å². The molecule has 1 aliphatic rings. The lowest BCUT2D eigenvalue weighted by Crippen LogP contribution is -2.39. The summed E-state index contributed by atoms with van der Waals surface area (Å²) in [5, 5.41) is 9.63. The van der Waals surface area contributed by atoms with Crippen LogP contribution < -0.4 is 15.5 Å². The second-order valence-electron chi connectivity index (χ2n) is 5.25. The minimum Gasteiger partial charge on any atom is -0.390 e. The number of benzene rings is 1. The molecule has 0 unspecified atom stereocenters. The fraction of sp³-hybridized carbons (Fsp3) is 0.533. The van der Waals surface area contributed by atoms with Crippen LogP contribution in [0.4, 0.5) is 15.8 Å². The third-order valence-electron chi connectivity index (χ3n) is 3.64. The van der Waals surface area contributed by atoms with E-state index in [4.69, 9.17) is 10.5 Å². The number of hydrogen-bond acceptors (Lipinski definition) is 5. The predicted octanol–water partition coefficient (Wildman–Crippen LogP) is 0.335. The summed E-state index contributed by atoms with van der Waals surface area (Å²) in [6.07, 6.45) is -0.842. The maximum absolute atomic E-state index is 14.4. The lowest BCUT2D eigenvalue weighted by Gasteiger charge is -2.30. The first-order valence-electron chi connectivity index (χ1n) is 7.31. The molecular formula is C15H22FN3O3. The standard InChI is InChI=1S/C15H22FN3O3/c1-11(20)19(10-13(21)9-17)12-2-3-15(14(16)8-12)18-4-6-22-7-5-18/h2-3,8,13,21H,4-7,9-10,17H2,1H3/t13-/m0/s1. The quantitative estimate of drug-likeness (QED) is 0.819. The molecule has 0 saturated carbocycles. The number of anilines is 2. The minimum absolute atomic E-state index is 0.0398. The van der Waals surface area contributed by atoms with Gasteiger partial charge < -0.3 is 25.4 Å². The first-order chi connectivity index (χ1) is 10.5. The fourth-order valence-corrected chi connectivity index (χ4v) is 2.43. The van der Waals surface area contributed by atoms with Gasteiger partial charge in [-0.25, -0.2) is 4.39 Å². The van der Waals surface area contributed by atoms with Gasteiger partial charge in [-0.15, -0.1) is 0 Å². The van der Waals surface area contributed by atoms with Crippen molar-refractivity contribution in [2.24, 2.45) is 5.73 Å². The SMILES string of the molecule is CC(=O)N(C[C@@H](O)CN)c1ccc(N2CCOCC2)c(F)c1. The Bertz CT molecular complexity index is 521. The normalized spacial score (nSPS) is 16.5. The van der Waals surface area contributed by atoms with Crippen LogP contribution in [0.5, 0.6) is 0 Å². The molecule has 122 valence electrons. The van der Waals surface area contributed by atoms with Crippen molar-refractivity contribution in [1.29, 1.82) is 0 Å². The van der Waals surface area contributed by atoms with Crippen LogP contribution >= 0.6 is 0 Å². The number of rotatable bonds is 5. The number of aliphatic hydroxyl groups excluding tert-OH is 1. The Hall–Kier alpha value is -1.70. The van der Waals surface area contributed by atoms with Gasteiger partial charge in [0, 0.05) is 32.2 Å². The van der Waals surface area contributed by atoms with Gasteiger partial charge in [0.2, 0.25) is 5.91 Å². The highest BCUT2D eigenvalue weighted by atomic mass is 19.1. The second-order valence-corrected chi connectivity index (χ2v) is 5.25. The van der Waals surface area contributed by atoms with E-state index in [0.29, 0.717) is 37.7 Å². The summed E-state index contributed by atoms with van der Waals surface area (Å²) < 4.78 is 19.6. The molecule has 1 aromatic carbocycles. The highest BCUT2D eigenvalue weighted by molar-refractivity contribution is 5.91. The predicted molar refractivity (Wildman–Crippen MR) is 82.5 cm³/mol. The Labute approximate surface area is 129 Å². The van der Waals surface area contributed by atoms with E-state index in [1.807, 2.05) is 4.90 Å². The van der Waals surface area contributed by atoms with Crippen LogP contribution in [0, 0.1) is 5.82 Å². The van der Waals surface area contributed by atoms with Gasteiger partial charge in [-0.3, -0.25) is 4.79 Å². The van der Waals surface area contributed by atoms with E-state index in [1.165, 1.54) is 17.9 Å². The van der Waals surface area contributed by atoms with Gasteiger partial charge in [-0.2, -0.15) is 0 Å². The average molecular weight is 311 g/mol. The molecule has 0 aromatic heterocycles. The summed E-state index contributed by atoms with van der Waals surface area (Å²) >= 11 is 0. The van der Waals surface area contributed by atoms with Gasteiger partial charge in [0.25, 0.3) is 0 Å². The van der Waals surface area contributed by atoms with Crippen molar-refractivity contribution in [3.8, 4) is 0 Å². The molecule has 1 aliphatic heterocycles. The van der Waals surface area contributed by atoms with E-state index in [1.54, 1.807) is 12.1 Å². The van der Waals surface area contributed by atoms with E-state index in [2.05, 4.69) is 0 Å². The molecule has 6 nitrogen and oxygen atoms in total. The highest BCUT2D eigenvalue weighted by Crippen LogP contribution is 2.26. The van der Waals surface area contributed by atoms with E-state index in [-0.39, 0.29) is 19.0 Å². The van der Waals surface area contributed by atoms with Crippen molar-refractivity contribution in [2.75, 3.05) is 49.2 Å². The number of carbonyl (C=O) groups excluding carboxylic acids is 1. The Morgan fingerprint density at radius 2 is 2.18 bits per heavy atom. The third-order valence-corrected chi connectivity index (χ3v) is 3.64.